The van der Waals surface area contributed by atoms with Crippen LogP contribution in [-0.4, -0.2) is 25.4 Å². The monoisotopic (exact) mass is 342 g/mol. The Morgan fingerprint density at radius 1 is 1.21 bits per heavy atom. The summed E-state index contributed by atoms with van der Waals surface area (Å²) >= 11 is 3.23. The molecule has 2 aromatic rings. The molecule has 0 atom stereocenters. The second kappa shape index (κ2) is 5.54. The number of hydrogen-bond donors (Lipinski definition) is 2. The number of anilines is 2. The van der Waals surface area contributed by atoms with Gasteiger partial charge in [-0.1, -0.05) is 0 Å². The summed E-state index contributed by atoms with van der Waals surface area (Å²) < 4.78 is 27.6. The lowest BCUT2D eigenvalue weighted by atomic mass is 10.4. The number of nitrogens with zero attached hydrogens (tertiary/aromatic N) is 2. The summed E-state index contributed by atoms with van der Waals surface area (Å²) in [6.45, 7) is 0. The van der Waals surface area contributed by atoms with Crippen molar-refractivity contribution in [2.24, 2.45) is 0 Å². The van der Waals surface area contributed by atoms with Crippen LogP contribution in [0, 0.1) is 0 Å². The van der Waals surface area contributed by atoms with Crippen molar-refractivity contribution >= 4 is 37.5 Å². The second-order valence-electron chi connectivity index (χ2n) is 3.59. The van der Waals surface area contributed by atoms with E-state index >= 15 is 0 Å². The molecule has 0 unspecified atom stereocenters. The zero-order chi connectivity index (χ0) is 13.9. The maximum Gasteiger partial charge on any atom is 0.266 e. The fraction of sp³-hybridized carbons (Fsp3) is 0.0909. The van der Waals surface area contributed by atoms with Gasteiger partial charge in [0.15, 0.2) is 0 Å². The highest BCUT2D eigenvalue weighted by atomic mass is 79.9. The van der Waals surface area contributed by atoms with Gasteiger partial charge in [-0.05, 0) is 34.1 Å². The Labute approximate surface area is 119 Å². The molecule has 0 spiro atoms. The van der Waals surface area contributed by atoms with E-state index in [1.165, 1.54) is 18.6 Å². The Hall–Kier alpha value is -1.67. The fourth-order valence-electron chi connectivity index (χ4n) is 1.43. The molecular weight excluding hydrogens is 332 g/mol. The molecule has 19 heavy (non-hydrogen) atoms. The Balaban J connectivity index is 2.35. The first kappa shape index (κ1) is 13.8. The van der Waals surface area contributed by atoms with Crippen molar-refractivity contribution in [3.63, 3.8) is 0 Å². The van der Waals surface area contributed by atoms with Crippen LogP contribution in [0.25, 0.3) is 0 Å². The first-order valence-corrected chi connectivity index (χ1v) is 7.56. The molecule has 0 aromatic carbocycles. The van der Waals surface area contributed by atoms with E-state index in [1.54, 1.807) is 25.2 Å². The average Bonchev–Trinajstić information content (AvgIpc) is 2.41. The summed E-state index contributed by atoms with van der Waals surface area (Å²) in [6, 6.07) is 4.85. The molecule has 100 valence electrons. The van der Waals surface area contributed by atoms with Gasteiger partial charge in [-0.2, -0.15) is 0 Å². The minimum atomic E-state index is -3.72. The molecule has 0 saturated heterocycles. The number of pyridine rings is 2. The van der Waals surface area contributed by atoms with Crippen molar-refractivity contribution in [1.29, 1.82) is 0 Å². The van der Waals surface area contributed by atoms with Crippen LogP contribution in [0.15, 0.2) is 46.2 Å². The lowest BCUT2D eigenvalue weighted by Gasteiger charge is -2.10. The minimum Gasteiger partial charge on any atom is -0.387 e. The number of sulfonamides is 1. The van der Waals surface area contributed by atoms with Gasteiger partial charge >= 0.3 is 0 Å². The van der Waals surface area contributed by atoms with E-state index in [-0.39, 0.29) is 10.7 Å². The lowest BCUT2D eigenvalue weighted by molar-refractivity contribution is 0.601. The molecule has 2 N–H and O–H groups in total. The fourth-order valence-corrected chi connectivity index (χ4v) is 2.83. The van der Waals surface area contributed by atoms with Crippen LogP contribution >= 0.6 is 15.9 Å². The van der Waals surface area contributed by atoms with Crippen molar-refractivity contribution in [3.8, 4) is 0 Å². The van der Waals surface area contributed by atoms with Gasteiger partial charge in [0.1, 0.15) is 10.7 Å². The maximum atomic E-state index is 12.2. The van der Waals surface area contributed by atoms with E-state index < -0.39 is 10.0 Å². The highest BCUT2D eigenvalue weighted by Gasteiger charge is 2.18. The Bertz CT molecular complexity index is 673. The van der Waals surface area contributed by atoms with E-state index in [0.29, 0.717) is 5.69 Å². The van der Waals surface area contributed by atoms with Gasteiger partial charge in [-0.3, -0.25) is 9.71 Å². The molecule has 0 amide bonds. The normalized spacial score (nSPS) is 11.1. The number of hydrogen-bond acceptors (Lipinski definition) is 5. The molecule has 0 aliphatic heterocycles. The maximum absolute atomic E-state index is 12.2. The molecule has 0 bridgehead atoms. The van der Waals surface area contributed by atoms with Gasteiger partial charge in [0, 0.05) is 30.1 Å². The van der Waals surface area contributed by atoms with E-state index in [1.807, 2.05) is 0 Å². The third-order valence-electron chi connectivity index (χ3n) is 2.31. The number of nitrogens with one attached hydrogen (secondary N) is 2. The van der Waals surface area contributed by atoms with Gasteiger partial charge in [0.05, 0.1) is 5.69 Å². The van der Waals surface area contributed by atoms with Crippen LogP contribution in [0.3, 0.4) is 0 Å². The van der Waals surface area contributed by atoms with Crippen LogP contribution in [0.1, 0.15) is 0 Å². The van der Waals surface area contributed by atoms with Crippen molar-refractivity contribution in [1.82, 2.24) is 9.97 Å². The van der Waals surface area contributed by atoms with E-state index in [0.717, 1.165) is 4.47 Å². The predicted octanol–water partition coefficient (Wildman–Crippen LogP) is 2.08. The van der Waals surface area contributed by atoms with Gasteiger partial charge in [0.25, 0.3) is 10.0 Å². The van der Waals surface area contributed by atoms with Crippen LogP contribution < -0.4 is 10.0 Å². The first-order valence-electron chi connectivity index (χ1n) is 5.29. The molecule has 2 aromatic heterocycles. The number of aromatic nitrogens is 2. The smallest absolute Gasteiger partial charge is 0.266 e. The van der Waals surface area contributed by atoms with Crippen LogP contribution in [-0.2, 0) is 10.0 Å². The standard InChI is InChI=1S/C11H11BrN4O2S/c1-13-9-4-5-14-7-10(9)19(17,18)16-11-3-2-8(12)6-15-11/h2-7H,1H3,(H,13,14)(H,15,16). The molecule has 0 aliphatic carbocycles. The molecule has 0 radical (unpaired) electrons. The van der Waals surface area contributed by atoms with Gasteiger partial charge in [-0.25, -0.2) is 13.4 Å². The molecule has 0 fully saturated rings. The van der Waals surface area contributed by atoms with Gasteiger partial charge in [0.2, 0.25) is 0 Å². The first-order chi connectivity index (χ1) is 9.03. The topological polar surface area (TPSA) is 84.0 Å². The Morgan fingerprint density at radius 2 is 2.00 bits per heavy atom. The Morgan fingerprint density at radius 3 is 2.63 bits per heavy atom. The molecule has 8 heteroatoms. The van der Waals surface area contributed by atoms with E-state index in [2.05, 4.69) is 35.9 Å². The summed E-state index contributed by atoms with van der Waals surface area (Å²) in [6.07, 6.45) is 4.32. The van der Waals surface area contributed by atoms with Crippen molar-refractivity contribution in [3.05, 3.63) is 41.3 Å². The SMILES string of the molecule is CNc1ccncc1S(=O)(=O)Nc1ccc(Br)cn1. The van der Waals surface area contributed by atoms with Crippen molar-refractivity contribution in [2.45, 2.75) is 4.90 Å². The average molecular weight is 343 g/mol. The zero-order valence-electron chi connectivity index (χ0n) is 9.96. The van der Waals surface area contributed by atoms with Gasteiger partial charge in [-0.15, -0.1) is 0 Å². The molecular formula is C11H11BrN4O2S. The predicted molar refractivity (Wildman–Crippen MR) is 76.5 cm³/mol. The minimum absolute atomic E-state index is 0.0715. The van der Waals surface area contributed by atoms with Crippen LogP contribution in [0.5, 0.6) is 0 Å². The zero-order valence-corrected chi connectivity index (χ0v) is 12.4. The summed E-state index contributed by atoms with van der Waals surface area (Å²) in [5.74, 6) is 0.245. The lowest BCUT2D eigenvalue weighted by Crippen LogP contribution is -2.15. The molecule has 2 heterocycles. The molecule has 0 aliphatic rings. The summed E-state index contributed by atoms with van der Waals surface area (Å²) in [4.78, 5) is 7.87. The van der Waals surface area contributed by atoms with Gasteiger partial charge < -0.3 is 5.32 Å². The van der Waals surface area contributed by atoms with E-state index in [4.69, 9.17) is 0 Å². The van der Waals surface area contributed by atoms with Crippen molar-refractivity contribution in [2.75, 3.05) is 17.1 Å². The van der Waals surface area contributed by atoms with E-state index in [9.17, 15) is 8.42 Å². The highest BCUT2D eigenvalue weighted by molar-refractivity contribution is 9.10. The highest BCUT2D eigenvalue weighted by Crippen LogP contribution is 2.21. The Kier molecular flexibility index (Phi) is 4.01. The summed E-state index contributed by atoms with van der Waals surface area (Å²) in [5, 5.41) is 2.81. The quantitative estimate of drug-likeness (QED) is 0.888. The van der Waals surface area contributed by atoms with Crippen LogP contribution in [0.2, 0.25) is 0 Å². The molecule has 6 nitrogen and oxygen atoms in total. The summed E-state index contributed by atoms with van der Waals surface area (Å²) in [5.41, 5.74) is 0.472. The molecule has 0 saturated carbocycles. The number of halogens is 1. The largest absolute Gasteiger partial charge is 0.387 e. The second-order valence-corrected chi connectivity index (χ2v) is 6.16. The van der Waals surface area contributed by atoms with Crippen LogP contribution in [0.4, 0.5) is 11.5 Å². The number of rotatable bonds is 4. The summed E-state index contributed by atoms with van der Waals surface area (Å²) in [7, 11) is -2.08. The third kappa shape index (κ3) is 3.21. The molecule has 2 rings (SSSR count). The van der Waals surface area contributed by atoms with Crippen molar-refractivity contribution < 1.29 is 8.42 Å². The third-order valence-corrected chi connectivity index (χ3v) is 4.16.